The van der Waals surface area contributed by atoms with Gasteiger partial charge in [0.05, 0.1) is 21.2 Å². The maximum absolute atomic E-state index is 12.8. The maximum Gasteiger partial charge on any atom is 0.264 e. The molecule has 0 atom stereocenters. The Kier molecular flexibility index (Phi) is 6.25. The molecule has 0 bridgehead atoms. The zero-order valence-electron chi connectivity index (χ0n) is 16.1. The molecule has 3 aromatic carbocycles. The molecule has 0 fully saturated rings. The Morgan fingerprint density at radius 3 is 2.31 bits per heavy atom. The zero-order chi connectivity index (χ0) is 21.0. The number of halogens is 1. The smallest absolute Gasteiger partial charge is 0.264 e. The van der Waals surface area contributed by atoms with Crippen molar-refractivity contribution in [3.05, 3.63) is 94.5 Å². The van der Waals surface area contributed by atoms with Gasteiger partial charge in [-0.25, -0.2) is 8.42 Å². The first-order valence-electron chi connectivity index (χ1n) is 8.96. The fraction of sp³-hybridized carbons (Fsp3) is 0.136. The summed E-state index contributed by atoms with van der Waals surface area (Å²) >= 11 is 6.20. The van der Waals surface area contributed by atoms with Crippen LogP contribution >= 0.6 is 11.6 Å². The summed E-state index contributed by atoms with van der Waals surface area (Å²) in [7, 11) is -2.30. The van der Waals surface area contributed by atoms with E-state index in [0.717, 1.165) is 15.4 Å². The lowest BCUT2D eigenvalue weighted by Gasteiger charge is -2.20. The van der Waals surface area contributed by atoms with Crippen molar-refractivity contribution in [2.45, 2.75) is 18.4 Å². The molecule has 0 saturated heterocycles. The minimum absolute atomic E-state index is 0.169. The van der Waals surface area contributed by atoms with Crippen molar-refractivity contribution in [3.63, 3.8) is 0 Å². The van der Waals surface area contributed by atoms with Gasteiger partial charge in [0.2, 0.25) is 0 Å². The van der Waals surface area contributed by atoms with E-state index in [1.807, 2.05) is 31.2 Å². The SMILES string of the molecule is Cc1ccc(CNC(=O)c2cc(N(C)S(=O)(=O)c3ccccc3)ccc2Cl)cc1. The number of rotatable bonds is 6. The average molecular weight is 429 g/mol. The van der Waals surface area contributed by atoms with Crippen molar-refractivity contribution in [1.29, 1.82) is 0 Å². The van der Waals surface area contributed by atoms with Crippen molar-refractivity contribution in [2.75, 3.05) is 11.4 Å². The first-order chi connectivity index (χ1) is 13.8. The number of anilines is 1. The number of carbonyl (C=O) groups is 1. The molecule has 3 rings (SSSR count). The van der Waals surface area contributed by atoms with E-state index in [1.165, 1.54) is 31.3 Å². The Morgan fingerprint density at radius 1 is 1.00 bits per heavy atom. The summed E-state index contributed by atoms with van der Waals surface area (Å²) in [6.07, 6.45) is 0. The molecule has 0 aliphatic carbocycles. The van der Waals surface area contributed by atoms with Crippen molar-refractivity contribution in [2.24, 2.45) is 0 Å². The Bertz CT molecular complexity index is 1110. The second-order valence-corrected chi connectivity index (χ2v) is 8.99. The van der Waals surface area contributed by atoms with Crippen molar-refractivity contribution in [1.82, 2.24) is 5.32 Å². The van der Waals surface area contributed by atoms with Gasteiger partial charge in [0, 0.05) is 13.6 Å². The maximum atomic E-state index is 12.8. The Labute approximate surface area is 176 Å². The lowest BCUT2D eigenvalue weighted by atomic mass is 10.1. The molecule has 3 aromatic rings. The van der Waals surface area contributed by atoms with E-state index in [1.54, 1.807) is 24.3 Å². The highest BCUT2D eigenvalue weighted by atomic mass is 35.5. The van der Waals surface area contributed by atoms with Crippen LogP contribution in [-0.2, 0) is 16.6 Å². The number of sulfonamides is 1. The summed E-state index contributed by atoms with van der Waals surface area (Å²) in [4.78, 5) is 12.8. The minimum Gasteiger partial charge on any atom is -0.348 e. The third-order valence-electron chi connectivity index (χ3n) is 4.53. The van der Waals surface area contributed by atoms with E-state index in [2.05, 4.69) is 5.32 Å². The van der Waals surface area contributed by atoms with Gasteiger partial charge in [-0.2, -0.15) is 0 Å². The van der Waals surface area contributed by atoms with Crippen LogP contribution in [-0.4, -0.2) is 21.4 Å². The third kappa shape index (κ3) is 4.78. The van der Waals surface area contributed by atoms with Crippen molar-refractivity contribution < 1.29 is 13.2 Å². The van der Waals surface area contributed by atoms with Gasteiger partial charge in [0.25, 0.3) is 15.9 Å². The van der Waals surface area contributed by atoms with Gasteiger partial charge < -0.3 is 5.32 Å². The highest BCUT2D eigenvalue weighted by molar-refractivity contribution is 7.92. The summed E-state index contributed by atoms with van der Waals surface area (Å²) in [5, 5.41) is 3.07. The van der Waals surface area contributed by atoms with Crippen LogP contribution in [0.3, 0.4) is 0 Å². The van der Waals surface area contributed by atoms with Crippen LogP contribution in [0, 0.1) is 6.92 Å². The highest BCUT2D eigenvalue weighted by Gasteiger charge is 2.22. The first kappa shape index (κ1) is 20.9. The summed E-state index contributed by atoms with van der Waals surface area (Å²) in [5.41, 5.74) is 2.66. The van der Waals surface area contributed by atoms with Crippen LogP contribution in [0.1, 0.15) is 21.5 Å². The van der Waals surface area contributed by atoms with E-state index in [0.29, 0.717) is 12.2 Å². The molecule has 0 spiro atoms. The summed E-state index contributed by atoms with van der Waals surface area (Å²) in [6.45, 7) is 2.34. The number of hydrogen-bond acceptors (Lipinski definition) is 3. The molecule has 1 N–H and O–H groups in total. The summed E-state index contributed by atoms with van der Waals surface area (Å²) < 4.78 is 26.8. The number of carbonyl (C=O) groups excluding carboxylic acids is 1. The van der Waals surface area contributed by atoms with Gasteiger partial charge in [0.15, 0.2) is 0 Å². The molecule has 5 nitrogen and oxygen atoms in total. The van der Waals surface area contributed by atoms with Crippen LogP contribution in [0.15, 0.2) is 77.7 Å². The molecule has 0 aliphatic heterocycles. The number of aryl methyl sites for hydroxylation is 1. The van der Waals surface area contributed by atoms with Crippen molar-refractivity contribution >= 4 is 33.2 Å². The topological polar surface area (TPSA) is 66.5 Å². The molecule has 0 saturated carbocycles. The lowest BCUT2D eigenvalue weighted by Crippen LogP contribution is -2.27. The molecular formula is C22H21ClN2O3S. The molecule has 1 amide bonds. The van der Waals surface area contributed by atoms with E-state index in [9.17, 15) is 13.2 Å². The van der Waals surface area contributed by atoms with Gasteiger partial charge in [0.1, 0.15) is 0 Å². The Hall–Kier alpha value is -2.83. The van der Waals surface area contributed by atoms with Gasteiger partial charge in [-0.3, -0.25) is 9.10 Å². The molecular weight excluding hydrogens is 408 g/mol. The fourth-order valence-corrected chi connectivity index (χ4v) is 4.17. The monoisotopic (exact) mass is 428 g/mol. The number of hydrogen-bond donors (Lipinski definition) is 1. The van der Waals surface area contributed by atoms with Crippen LogP contribution in [0.5, 0.6) is 0 Å². The van der Waals surface area contributed by atoms with E-state index in [-0.39, 0.29) is 21.4 Å². The van der Waals surface area contributed by atoms with Gasteiger partial charge in [-0.1, -0.05) is 59.6 Å². The molecule has 0 radical (unpaired) electrons. The third-order valence-corrected chi connectivity index (χ3v) is 6.66. The molecule has 0 heterocycles. The Balaban J connectivity index is 1.82. The lowest BCUT2D eigenvalue weighted by molar-refractivity contribution is 0.0951. The molecule has 29 heavy (non-hydrogen) atoms. The number of amides is 1. The van der Waals surface area contributed by atoms with Gasteiger partial charge >= 0.3 is 0 Å². The molecule has 0 unspecified atom stereocenters. The second-order valence-electron chi connectivity index (χ2n) is 6.62. The van der Waals surface area contributed by atoms with E-state index in [4.69, 9.17) is 11.6 Å². The van der Waals surface area contributed by atoms with E-state index >= 15 is 0 Å². The van der Waals surface area contributed by atoms with Crippen LogP contribution in [0.4, 0.5) is 5.69 Å². The highest BCUT2D eigenvalue weighted by Crippen LogP contribution is 2.26. The van der Waals surface area contributed by atoms with Crippen LogP contribution in [0.2, 0.25) is 5.02 Å². The Morgan fingerprint density at radius 2 is 1.66 bits per heavy atom. The number of nitrogens with zero attached hydrogens (tertiary/aromatic N) is 1. The number of benzene rings is 3. The van der Waals surface area contributed by atoms with Gasteiger partial charge in [-0.05, 0) is 42.8 Å². The summed E-state index contributed by atoms with van der Waals surface area (Å²) in [5.74, 6) is -0.372. The van der Waals surface area contributed by atoms with Crippen LogP contribution < -0.4 is 9.62 Å². The first-order valence-corrected chi connectivity index (χ1v) is 10.8. The summed E-state index contributed by atoms with van der Waals surface area (Å²) in [6, 6.07) is 20.5. The standard InChI is InChI=1S/C22H21ClN2O3S/c1-16-8-10-17(11-9-16)15-24-22(26)20-14-18(12-13-21(20)23)25(2)29(27,28)19-6-4-3-5-7-19/h3-14H,15H2,1-2H3,(H,24,26). The zero-order valence-corrected chi connectivity index (χ0v) is 17.7. The molecule has 0 aromatic heterocycles. The molecule has 0 aliphatic rings. The minimum atomic E-state index is -3.75. The normalized spacial score (nSPS) is 11.1. The van der Waals surface area contributed by atoms with E-state index < -0.39 is 10.0 Å². The molecule has 150 valence electrons. The fourth-order valence-electron chi connectivity index (χ4n) is 2.76. The average Bonchev–Trinajstić information content (AvgIpc) is 2.73. The molecule has 7 heteroatoms. The predicted molar refractivity (Wildman–Crippen MR) is 116 cm³/mol. The van der Waals surface area contributed by atoms with Gasteiger partial charge in [-0.15, -0.1) is 0 Å². The second kappa shape index (κ2) is 8.68. The van der Waals surface area contributed by atoms with Crippen LogP contribution in [0.25, 0.3) is 0 Å². The quantitative estimate of drug-likeness (QED) is 0.632. The predicted octanol–water partition coefficient (Wildman–Crippen LogP) is 4.40. The largest absolute Gasteiger partial charge is 0.348 e. The number of nitrogens with one attached hydrogen (secondary N) is 1. The van der Waals surface area contributed by atoms with Crippen molar-refractivity contribution in [3.8, 4) is 0 Å².